The Morgan fingerprint density at radius 3 is 2.25 bits per heavy atom. The first-order valence-electron chi connectivity index (χ1n) is 9.84. The number of benzene rings is 2. The van der Waals surface area contributed by atoms with Gasteiger partial charge in [0.1, 0.15) is 0 Å². The van der Waals surface area contributed by atoms with Crippen molar-refractivity contribution in [2.24, 2.45) is 0 Å². The maximum Gasteiger partial charge on any atom is 0.329 e. The molecule has 6 heteroatoms. The van der Waals surface area contributed by atoms with Crippen LogP contribution in [-0.2, 0) is 16.8 Å². The fourth-order valence-electron chi connectivity index (χ4n) is 4.20. The topological polar surface area (TPSA) is 74.1 Å². The van der Waals surface area contributed by atoms with Crippen LogP contribution in [0.4, 0.5) is 4.79 Å². The van der Waals surface area contributed by atoms with Gasteiger partial charge in [-0.25, -0.2) is 9.69 Å². The summed E-state index contributed by atoms with van der Waals surface area (Å²) in [6.45, 7) is 1.85. The first-order valence-corrected chi connectivity index (χ1v) is 9.84. The Labute approximate surface area is 164 Å². The van der Waals surface area contributed by atoms with Gasteiger partial charge in [0.2, 0.25) is 0 Å². The van der Waals surface area contributed by atoms with Crippen molar-refractivity contribution in [1.29, 1.82) is 0 Å². The maximum atomic E-state index is 13.6. The fraction of sp³-hybridized carbons (Fsp3) is 0.364. The predicted molar refractivity (Wildman–Crippen MR) is 104 cm³/mol. The number of carbonyl (C=O) groups excluding carboxylic acids is 2. The SMILES string of the molecule is O=C1N[C@](Cc2ccccc2)(c2ccccc2)C(=O)N1C[NH+]1CCC(O)CC1. The highest BCUT2D eigenvalue weighted by Crippen LogP contribution is 2.32. The average molecular weight is 380 g/mol. The number of hydrogen-bond acceptors (Lipinski definition) is 3. The molecule has 2 aromatic rings. The Hall–Kier alpha value is -2.70. The number of likely N-dealkylation sites (tertiary alicyclic amines) is 1. The van der Waals surface area contributed by atoms with Crippen molar-refractivity contribution in [2.75, 3.05) is 19.8 Å². The van der Waals surface area contributed by atoms with Crippen molar-refractivity contribution >= 4 is 11.9 Å². The number of rotatable bonds is 5. The van der Waals surface area contributed by atoms with Gasteiger partial charge >= 0.3 is 6.03 Å². The molecule has 3 N–H and O–H groups in total. The van der Waals surface area contributed by atoms with Crippen molar-refractivity contribution in [3.8, 4) is 0 Å². The van der Waals surface area contributed by atoms with E-state index in [-0.39, 0.29) is 18.0 Å². The molecule has 0 bridgehead atoms. The van der Waals surface area contributed by atoms with E-state index in [9.17, 15) is 14.7 Å². The first kappa shape index (κ1) is 18.7. The molecule has 2 heterocycles. The third-order valence-corrected chi connectivity index (χ3v) is 5.80. The highest BCUT2D eigenvalue weighted by Gasteiger charge is 2.53. The van der Waals surface area contributed by atoms with E-state index in [0.717, 1.165) is 29.1 Å². The summed E-state index contributed by atoms with van der Waals surface area (Å²) in [6.07, 6.45) is 1.54. The zero-order valence-corrected chi connectivity index (χ0v) is 15.8. The Morgan fingerprint density at radius 2 is 1.61 bits per heavy atom. The highest BCUT2D eigenvalue weighted by molar-refractivity contribution is 6.07. The van der Waals surface area contributed by atoms with Crippen LogP contribution in [0.3, 0.4) is 0 Å². The number of piperidine rings is 1. The molecule has 4 rings (SSSR count). The largest absolute Gasteiger partial charge is 0.393 e. The van der Waals surface area contributed by atoms with Gasteiger partial charge in [-0.15, -0.1) is 0 Å². The quantitative estimate of drug-likeness (QED) is 0.668. The second kappa shape index (κ2) is 7.73. The van der Waals surface area contributed by atoms with E-state index in [0.29, 0.717) is 25.9 Å². The van der Waals surface area contributed by atoms with Crippen molar-refractivity contribution in [2.45, 2.75) is 30.9 Å². The van der Waals surface area contributed by atoms with Crippen LogP contribution in [0.25, 0.3) is 0 Å². The molecule has 0 unspecified atom stereocenters. The number of aliphatic hydroxyl groups excluding tert-OH is 1. The molecule has 2 aliphatic rings. The van der Waals surface area contributed by atoms with E-state index in [1.165, 1.54) is 4.90 Å². The van der Waals surface area contributed by atoms with Crippen LogP contribution >= 0.6 is 0 Å². The van der Waals surface area contributed by atoms with Crippen LogP contribution in [0.5, 0.6) is 0 Å². The van der Waals surface area contributed by atoms with E-state index in [1.54, 1.807) is 0 Å². The van der Waals surface area contributed by atoms with Gasteiger partial charge in [0.25, 0.3) is 5.91 Å². The van der Waals surface area contributed by atoms with Gasteiger partial charge in [-0.1, -0.05) is 60.7 Å². The number of aliphatic hydroxyl groups is 1. The molecule has 0 aromatic heterocycles. The zero-order valence-electron chi connectivity index (χ0n) is 15.8. The molecule has 2 aliphatic heterocycles. The monoisotopic (exact) mass is 380 g/mol. The summed E-state index contributed by atoms with van der Waals surface area (Å²) in [7, 11) is 0. The van der Waals surface area contributed by atoms with Crippen molar-refractivity contribution < 1.29 is 19.6 Å². The van der Waals surface area contributed by atoms with Gasteiger partial charge in [0.05, 0.1) is 19.2 Å². The van der Waals surface area contributed by atoms with Gasteiger partial charge in [0, 0.05) is 19.3 Å². The van der Waals surface area contributed by atoms with E-state index < -0.39 is 5.54 Å². The summed E-state index contributed by atoms with van der Waals surface area (Å²) in [4.78, 5) is 28.9. The Balaban J connectivity index is 1.63. The van der Waals surface area contributed by atoms with Crippen LogP contribution < -0.4 is 10.2 Å². The van der Waals surface area contributed by atoms with Crippen molar-refractivity contribution in [3.63, 3.8) is 0 Å². The second-order valence-corrected chi connectivity index (χ2v) is 7.74. The fourth-order valence-corrected chi connectivity index (χ4v) is 4.20. The molecule has 0 aliphatic carbocycles. The predicted octanol–water partition coefficient (Wildman–Crippen LogP) is 0.673. The highest BCUT2D eigenvalue weighted by atomic mass is 16.3. The van der Waals surface area contributed by atoms with E-state index in [1.807, 2.05) is 60.7 Å². The normalized spacial score (nSPS) is 27.7. The smallest absolute Gasteiger partial charge is 0.329 e. The number of urea groups is 1. The average Bonchev–Trinajstić information content (AvgIpc) is 2.96. The minimum absolute atomic E-state index is 0.203. The molecule has 0 saturated carbocycles. The van der Waals surface area contributed by atoms with Gasteiger partial charge in [-0.2, -0.15) is 0 Å². The molecule has 2 aromatic carbocycles. The number of nitrogens with one attached hydrogen (secondary N) is 2. The van der Waals surface area contributed by atoms with Gasteiger partial charge in [-0.05, 0) is 11.1 Å². The summed E-state index contributed by atoms with van der Waals surface area (Å²) in [5, 5.41) is 12.7. The minimum atomic E-state index is -1.09. The molecule has 2 fully saturated rings. The molecule has 1 atom stereocenters. The Morgan fingerprint density at radius 1 is 1.00 bits per heavy atom. The lowest BCUT2D eigenvalue weighted by atomic mass is 9.83. The molecule has 6 nitrogen and oxygen atoms in total. The Bertz CT molecular complexity index is 835. The molecule has 146 valence electrons. The first-order chi connectivity index (χ1) is 13.6. The third kappa shape index (κ3) is 3.53. The summed E-state index contributed by atoms with van der Waals surface area (Å²) in [5.41, 5.74) is 0.702. The van der Waals surface area contributed by atoms with Crippen LogP contribution in [0, 0.1) is 0 Å². The van der Waals surface area contributed by atoms with E-state index in [4.69, 9.17) is 0 Å². The Kier molecular flexibility index (Phi) is 5.15. The van der Waals surface area contributed by atoms with Crippen molar-refractivity contribution in [3.05, 3.63) is 71.8 Å². The van der Waals surface area contributed by atoms with E-state index in [2.05, 4.69) is 5.32 Å². The molecule has 0 radical (unpaired) electrons. The summed E-state index contributed by atoms with van der Waals surface area (Å²) in [6, 6.07) is 18.9. The zero-order chi connectivity index (χ0) is 19.6. The molecule has 28 heavy (non-hydrogen) atoms. The number of carbonyl (C=O) groups is 2. The summed E-state index contributed by atoms with van der Waals surface area (Å²) >= 11 is 0. The van der Waals surface area contributed by atoms with Crippen LogP contribution in [0.1, 0.15) is 24.0 Å². The number of nitrogens with zero attached hydrogens (tertiary/aromatic N) is 1. The summed E-state index contributed by atoms with van der Waals surface area (Å²) < 4.78 is 0. The molecular formula is C22H26N3O3+. The van der Waals surface area contributed by atoms with Gasteiger partial charge < -0.3 is 15.3 Å². The standard InChI is InChI=1S/C22H25N3O3/c26-19-11-13-24(14-12-19)16-25-20(27)22(23-21(25)28,18-9-5-2-6-10-18)15-17-7-3-1-4-8-17/h1-10,19,26H,11-16H2,(H,23,28)/p+1/t22-/m1/s1. The molecule has 2 saturated heterocycles. The molecular weight excluding hydrogens is 354 g/mol. The van der Waals surface area contributed by atoms with Crippen molar-refractivity contribution in [1.82, 2.24) is 10.2 Å². The van der Waals surface area contributed by atoms with Gasteiger partial charge in [0.15, 0.2) is 12.2 Å². The lowest BCUT2D eigenvalue weighted by Crippen LogP contribution is -3.14. The maximum absolute atomic E-state index is 13.6. The van der Waals surface area contributed by atoms with E-state index >= 15 is 0 Å². The summed E-state index contributed by atoms with van der Waals surface area (Å²) in [5.74, 6) is -0.203. The van der Waals surface area contributed by atoms with Crippen LogP contribution in [-0.4, -0.2) is 47.8 Å². The third-order valence-electron chi connectivity index (χ3n) is 5.80. The minimum Gasteiger partial charge on any atom is -0.393 e. The number of hydrogen-bond donors (Lipinski definition) is 3. The van der Waals surface area contributed by atoms with Crippen LogP contribution in [0.15, 0.2) is 60.7 Å². The van der Waals surface area contributed by atoms with Gasteiger partial charge in [-0.3, -0.25) is 4.79 Å². The number of quaternary nitrogens is 1. The molecule has 3 amide bonds. The lowest BCUT2D eigenvalue weighted by molar-refractivity contribution is -0.913. The number of imide groups is 1. The molecule has 0 spiro atoms. The lowest BCUT2D eigenvalue weighted by Gasteiger charge is -2.30. The second-order valence-electron chi connectivity index (χ2n) is 7.74. The number of amides is 3. The van der Waals surface area contributed by atoms with Crippen LogP contribution in [0.2, 0.25) is 0 Å².